The standard InChI is InChI=1S/C11H22N2O2/c1-9(2)13(11(14)8-15-3)7-10-5-4-6-12-10/h9-10,12H,4-8H2,1-3H3. The van der Waals surface area contributed by atoms with Crippen molar-refractivity contribution < 1.29 is 9.53 Å². The van der Waals surface area contributed by atoms with Crippen molar-refractivity contribution in [3.63, 3.8) is 0 Å². The van der Waals surface area contributed by atoms with Crippen LogP contribution in [0, 0.1) is 0 Å². The van der Waals surface area contributed by atoms with E-state index >= 15 is 0 Å². The molecule has 0 aromatic rings. The molecule has 1 fully saturated rings. The first-order valence-corrected chi connectivity index (χ1v) is 5.67. The predicted molar refractivity (Wildman–Crippen MR) is 59.7 cm³/mol. The molecule has 0 spiro atoms. The number of methoxy groups -OCH3 is 1. The summed E-state index contributed by atoms with van der Waals surface area (Å²) in [5.41, 5.74) is 0. The van der Waals surface area contributed by atoms with Gasteiger partial charge in [0.15, 0.2) is 0 Å². The second kappa shape index (κ2) is 6.08. The van der Waals surface area contributed by atoms with Crippen LogP contribution in [0.3, 0.4) is 0 Å². The minimum absolute atomic E-state index is 0.0844. The molecule has 1 unspecified atom stereocenters. The van der Waals surface area contributed by atoms with Crippen LogP contribution in [-0.2, 0) is 9.53 Å². The van der Waals surface area contributed by atoms with Crippen LogP contribution >= 0.6 is 0 Å². The number of carbonyl (C=O) groups excluding carboxylic acids is 1. The molecule has 0 aliphatic carbocycles. The van der Waals surface area contributed by atoms with Gasteiger partial charge in [0.25, 0.3) is 0 Å². The quantitative estimate of drug-likeness (QED) is 0.729. The molecule has 0 saturated carbocycles. The summed E-state index contributed by atoms with van der Waals surface area (Å²) in [7, 11) is 1.56. The lowest BCUT2D eigenvalue weighted by atomic mass is 10.2. The Bertz CT molecular complexity index is 201. The summed E-state index contributed by atoms with van der Waals surface area (Å²) in [6.07, 6.45) is 2.39. The second-order valence-electron chi connectivity index (χ2n) is 4.37. The highest BCUT2D eigenvalue weighted by molar-refractivity contribution is 5.77. The van der Waals surface area contributed by atoms with Gasteiger partial charge in [-0.15, -0.1) is 0 Å². The molecule has 1 rings (SSSR count). The molecule has 1 N–H and O–H groups in total. The van der Waals surface area contributed by atoms with Gasteiger partial charge in [0.1, 0.15) is 6.61 Å². The average molecular weight is 214 g/mol. The van der Waals surface area contributed by atoms with Gasteiger partial charge in [-0.1, -0.05) is 0 Å². The Morgan fingerprint density at radius 1 is 1.60 bits per heavy atom. The third-order valence-corrected chi connectivity index (χ3v) is 2.79. The molecule has 1 aliphatic heterocycles. The zero-order chi connectivity index (χ0) is 11.3. The van der Waals surface area contributed by atoms with Gasteiger partial charge in [-0.3, -0.25) is 4.79 Å². The Morgan fingerprint density at radius 3 is 2.80 bits per heavy atom. The zero-order valence-corrected chi connectivity index (χ0v) is 9.95. The lowest BCUT2D eigenvalue weighted by Crippen LogP contribution is -2.46. The molecule has 1 atom stereocenters. The highest BCUT2D eigenvalue weighted by Gasteiger charge is 2.22. The number of nitrogens with zero attached hydrogens (tertiary/aromatic N) is 1. The maximum absolute atomic E-state index is 11.7. The minimum atomic E-state index is 0.0844. The van der Waals surface area contributed by atoms with Gasteiger partial charge in [0, 0.05) is 25.7 Å². The fraction of sp³-hybridized carbons (Fsp3) is 0.909. The van der Waals surface area contributed by atoms with E-state index in [0.29, 0.717) is 6.04 Å². The highest BCUT2D eigenvalue weighted by Crippen LogP contribution is 2.09. The third-order valence-electron chi connectivity index (χ3n) is 2.79. The smallest absolute Gasteiger partial charge is 0.248 e. The van der Waals surface area contributed by atoms with Gasteiger partial charge in [0.05, 0.1) is 0 Å². The van der Waals surface area contributed by atoms with Crippen molar-refractivity contribution in [1.29, 1.82) is 0 Å². The van der Waals surface area contributed by atoms with Crippen LogP contribution in [0.25, 0.3) is 0 Å². The van der Waals surface area contributed by atoms with Crippen LogP contribution in [0.1, 0.15) is 26.7 Å². The van der Waals surface area contributed by atoms with Gasteiger partial charge < -0.3 is 15.0 Å². The molecule has 1 amide bonds. The molecule has 0 aromatic carbocycles. The number of amides is 1. The minimum Gasteiger partial charge on any atom is -0.375 e. The van der Waals surface area contributed by atoms with Gasteiger partial charge in [-0.2, -0.15) is 0 Å². The molecule has 1 heterocycles. The van der Waals surface area contributed by atoms with Crippen molar-refractivity contribution in [2.45, 2.75) is 38.8 Å². The number of carbonyl (C=O) groups is 1. The van der Waals surface area contributed by atoms with E-state index in [9.17, 15) is 4.79 Å². The monoisotopic (exact) mass is 214 g/mol. The molecular formula is C11H22N2O2. The lowest BCUT2D eigenvalue weighted by molar-refractivity contribution is -0.137. The van der Waals surface area contributed by atoms with Gasteiger partial charge in [0.2, 0.25) is 5.91 Å². The first kappa shape index (κ1) is 12.5. The SMILES string of the molecule is COCC(=O)N(CC1CCCN1)C(C)C. The van der Waals surface area contributed by atoms with Crippen LogP contribution in [0.5, 0.6) is 0 Å². The number of ether oxygens (including phenoxy) is 1. The van der Waals surface area contributed by atoms with Crippen LogP contribution in [0.2, 0.25) is 0 Å². The topological polar surface area (TPSA) is 41.6 Å². The molecule has 1 saturated heterocycles. The molecule has 15 heavy (non-hydrogen) atoms. The summed E-state index contributed by atoms with van der Waals surface area (Å²) in [6.45, 7) is 6.16. The summed E-state index contributed by atoms with van der Waals surface area (Å²) in [5.74, 6) is 0.0844. The Hall–Kier alpha value is -0.610. The van der Waals surface area contributed by atoms with E-state index in [0.717, 1.165) is 13.1 Å². The number of nitrogens with one attached hydrogen (secondary N) is 1. The molecule has 4 heteroatoms. The number of hydrogen-bond donors (Lipinski definition) is 1. The summed E-state index contributed by atoms with van der Waals surface area (Å²) in [5, 5.41) is 3.40. The van der Waals surface area contributed by atoms with E-state index in [4.69, 9.17) is 4.74 Å². The molecule has 1 aliphatic rings. The Kier molecular flexibility index (Phi) is 5.05. The van der Waals surface area contributed by atoms with Gasteiger partial charge >= 0.3 is 0 Å². The lowest BCUT2D eigenvalue weighted by Gasteiger charge is -2.29. The summed E-state index contributed by atoms with van der Waals surface area (Å²) in [4.78, 5) is 13.6. The van der Waals surface area contributed by atoms with E-state index in [1.807, 2.05) is 18.7 Å². The molecule has 4 nitrogen and oxygen atoms in total. The Balaban J connectivity index is 2.45. The maximum atomic E-state index is 11.7. The first-order valence-electron chi connectivity index (χ1n) is 5.67. The Morgan fingerprint density at radius 2 is 2.33 bits per heavy atom. The summed E-state index contributed by atoms with van der Waals surface area (Å²) >= 11 is 0. The highest BCUT2D eigenvalue weighted by atomic mass is 16.5. The number of hydrogen-bond acceptors (Lipinski definition) is 3. The van der Waals surface area contributed by atoms with Crippen LogP contribution < -0.4 is 5.32 Å². The van der Waals surface area contributed by atoms with Crippen LogP contribution in [0.15, 0.2) is 0 Å². The molecule has 0 bridgehead atoms. The first-order chi connectivity index (χ1) is 7.15. The number of rotatable bonds is 5. The Labute approximate surface area is 92.0 Å². The van der Waals surface area contributed by atoms with Crippen molar-refractivity contribution in [3.8, 4) is 0 Å². The fourth-order valence-corrected chi connectivity index (χ4v) is 1.96. The van der Waals surface area contributed by atoms with Crippen LogP contribution in [-0.4, -0.2) is 49.7 Å². The van der Waals surface area contributed by atoms with Crippen molar-refractivity contribution in [2.24, 2.45) is 0 Å². The van der Waals surface area contributed by atoms with Crippen molar-refractivity contribution in [2.75, 3.05) is 26.8 Å². The molecule has 0 radical (unpaired) electrons. The fourth-order valence-electron chi connectivity index (χ4n) is 1.96. The zero-order valence-electron chi connectivity index (χ0n) is 9.95. The summed E-state index contributed by atoms with van der Waals surface area (Å²) in [6, 6.07) is 0.711. The molecular weight excluding hydrogens is 192 g/mol. The van der Waals surface area contributed by atoms with Crippen LogP contribution in [0.4, 0.5) is 0 Å². The van der Waals surface area contributed by atoms with E-state index < -0.39 is 0 Å². The predicted octanol–water partition coefficient (Wildman–Crippen LogP) is 0.622. The molecule has 88 valence electrons. The maximum Gasteiger partial charge on any atom is 0.248 e. The average Bonchev–Trinajstić information content (AvgIpc) is 2.66. The van der Waals surface area contributed by atoms with Gasteiger partial charge in [-0.25, -0.2) is 0 Å². The van der Waals surface area contributed by atoms with E-state index in [-0.39, 0.29) is 18.6 Å². The van der Waals surface area contributed by atoms with E-state index in [2.05, 4.69) is 5.32 Å². The summed E-state index contributed by atoms with van der Waals surface area (Å²) < 4.78 is 4.89. The molecule has 0 aromatic heterocycles. The van der Waals surface area contributed by atoms with Gasteiger partial charge in [-0.05, 0) is 33.2 Å². The normalized spacial score (nSPS) is 20.9. The van der Waals surface area contributed by atoms with Crippen molar-refractivity contribution >= 4 is 5.91 Å². The van der Waals surface area contributed by atoms with Crippen molar-refractivity contribution in [1.82, 2.24) is 10.2 Å². The van der Waals surface area contributed by atoms with Crippen molar-refractivity contribution in [3.05, 3.63) is 0 Å². The third kappa shape index (κ3) is 3.80. The van der Waals surface area contributed by atoms with E-state index in [1.165, 1.54) is 12.8 Å². The largest absolute Gasteiger partial charge is 0.375 e. The second-order valence-corrected chi connectivity index (χ2v) is 4.37. The van der Waals surface area contributed by atoms with E-state index in [1.54, 1.807) is 7.11 Å².